The predicted molar refractivity (Wildman–Crippen MR) is 83.9 cm³/mol. The molecule has 4 nitrogen and oxygen atoms in total. The first-order chi connectivity index (χ1) is 10.2. The first-order valence-corrected chi connectivity index (χ1v) is 8.76. The zero-order valence-electron chi connectivity index (χ0n) is 13.5. The van der Waals surface area contributed by atoms with Crippen LogP contribution in [0.15, 0.2) is 0 Å². The van der Waals surface area contributed by atoms with Crippen molar-refractivity contribution < 1.29 is 9.59 Å². The van der Waals surface area contributed by atoms with Crippen molar-refractivity contribution in [3.8, 4) is 0 Å². The standard InChI is InChI=1S/C17H30N2O2/c1-2-6-16(20)18-11-13-19(14-12-18)17(21)10-9-15-7-4-3-5-8-15/h15H,2-14H2,1H3. The molecule has 0 unspecified atom stereocenters. The Labute approximate surface area is 128 Å². The van der Waals surface area contributed by atoms with Crippen molar-refractivity contribution in [2.75, 3.05) is 26.2 Å². The zero-order valence-corrected chi connectivity index (χ0v) is 13.5. The van der Waals surface area contributed by atoms with Gasteiger partial charge in [0.2, 0.25) is 11.8 Å². The molecule has 0 atom stereocenters. The molecule has 1 saturated carbocycles. The average molecular weight is 294 g/mol. The van der Waals surface area contributed by atoms with E-state index in [-0.39, 0.29) is 5.91 Å². The van der Waals surface area contributed by atoms with Crippen LogP contribution in [0.3, 0.4) is 0 Å². The highest BCUT2D eigenvalue weighted by molar-refractivity contribution is 5.78. The molecule has 21 heavy (non-hydrogen) atoms. The van der Waals surface area contributed by atoms with Crippen molar-refractivity contribution in [3.05, 3.63) is 0 Å². The van der Waals surface area contributed by atoms with Gasteiger partial charge in [0.1, 0.15) is 0 Å². The van der Waals surface area contributed by atoms with E-state index in [4.69, 9.17) is 0 Å². The Morgan fingerprint density at radius 2 is 1.38 bits per heavy atom. The lowest BCUT2D eigenvalue weighted by atomic mass is 9.86. The Hall–Kier alpha value is -1.06. The fraction of sp³-hybridized carbons (Fsp3) is 0.882. The fourth-order valence-corrected chi connectivity index (χ4v) is 3.54. The van der Waals surface area contributed by atoms with Gasteiger partial charge in [-0.25, -0.2) is 0 Å². The average Bonchev–Trinajstić information content (AvgIpc) is 2.54. The van der Waals surface area contributed by atoms with Gasteiger partial charge in [0.15, 0.2) is 0 Å². The molecule has 1 aliphatic heterocycles. The minimum Gasteiger partial charge on any atom is -0.339 e. The van der Waals surface area contributed by atoms with E-state index in [0.29, 0.717) is 31.8 Å². The molecule has 120 valence electrons. The summed E-state index contributed by atoms with van der Waals surface area (Å²) in [5, 5.41) is 0. The molecule has 0 aromatic rings. The second-order valence-electron chi connectivity index (χ2n) is 6.55. The lowest BCUT2D eigenvalue weighted by molar-refractivity contribution is -0.139. The predicted octanol–water partition coefficient (Wildman–Crippen LogP) is 2.82. The number of amides is 2. The van der Waals surface area contributed by atoms with Crippen molar-refractivity contribution in [1.29, 1.82) is 0 Å². The van der Waals surface area contributed by atoms with Crippen molar-refractivity contribution >= 4 is 11.8 Å². The van der Waals surface area contributed by atoms with Gasteiger partial charge in [-0.15, -0.1) is 0 Å². The fourth-order valence-electron chi connectivity index (χ4n) is 3.54. The minimum absolute atomic E-state index is 0.242. The third-order valence-electron chi connectivity index (χ3n) is 4.94. The Balaban J connectivity index is 1.66. The molecule has 2 aliphatic rings. The Morgan fingerprint density at radius 3 is 1.90 bits per heavy atom. The highest BCUT2D eigenvalue weighted by Crippen LogP contribution is 2.27. The lowest BCUT2D eigenvalue weighted by Gasteiger charge is -2.35. The third-order valence-corrected chi connectivity index (χ3v) is 4.94. The van der Waals surface area contributed by atoms with Gasteiger partial charge in [0.25, 0.3) is 0 Å². The van der Waals surface area contributed by atoms with E-state index in [2.05, 4.69) is 0 Å². The number of carbonyl (C=O) groups excluding carboxylic acids is 2. The van der Waals surface area contributed by atoms with Crippen LogP contribution < -0.4 is 0 Å². The monoisotopic (exact) mass is 294 g/mol. The highest BCUT2D eigenvalue weighted by Gasteiger charge is 2.24. The normalized spacial score (nSPS) is 20.6. The maximum absolute atomic E-state index is 12.3. The van der Waals surface area contributed by atoms with Crippen LogP contribution in [0.5, 0.6) is 0 Å². The van der Waals surface area contributed by atoms with Crippen LogP contribution in [-0.4, -0.2) is 47.8 Å². The summed E-state index contributed by atoms with van der Waals surface area (Å²) in [4.78, 5) is 28.0. The van der Waals surface area contributed by atoms with E-state index in [1.54, 1.807) is 0 Å². The van der Waals surface area contributed by atoms with Crippen LogP contribution in [0.25, 0.3) is 0 Å². The summed E-state index contributed by atoms with van der Waals surface area (Å²) >= 11 is 0. The summed E-state index contributed by atoms with van der Waals surface area (Å²) in [5.74, 6) is 1.31. The van der Waals surface area contributed by atoms with E-state index in [0.717, 1.165) is 31.8 Å². The molecule has 0 aromatic heterocycles. The lowest BCUT2D eigenvalue weighted by Crippen LogP contribution is -2.50. The molecular weight excluding hydrogens is 264 g/mol. The Morgan fingerprint density at radius 1 is 0.857 bits per heavy atom. The van der Waals surface area contributed by atoms with Gasteiger partial charge in [-0.1, -0.05) is 39.0 Å². The second kappa shape index (κ2) is 8.40. The summed E-state index contributed by atoms with van der Waals surface area (Å²) in [6, 6.07) is 0. The SMILES string of the molecule is CCCC(=O)N1CCN(C(=O)CCC2CCCCC2)CC1. The first-order valence-electron chi connectivity index (χ1n) is 8.76. The van der Waals surface area contributed by atoms with Crippen LogP contribution in [0.4, 0.5) is 0 Å². The van der Waals surface area contributed by atoms with Crippen LogP contribution in [0, 0.1) is 5.92 Å². The quantitative estimate of drug-likeness (QED) is 0.782. The summed E-state index contributed by atoms with van der Waals surface area (Å²) in [6.07, 6.45) is 9.99. The molecule has 0 spiro atoms. The largest absolute Gasteiger partial charge is 0.339 e. The van der Waals surface area contributed by atoms with Crippen LogP contribution in [-0.2, 0) is 9.59 Å². The van der Waals surface area contributed by atoms with Crippen molar-refractivity contribution in [2.24, 2.45) is 5.92 Å². The molecule has 1 saturated heterocycles. The van der Waals surface area contributed by atoms with Crippen LogP contribution >= 0.6 is 0 Å². The Bertz CT molecular complexity index is 343. The van der Waals surface area contributed by atoms with Crippen molar-refractivity contribution in [1.82, 2.24) is 9.80 Å². The van der Waals surface area contributed by atoms with Gasteiger partial charge in [0, 0.05) is 39.0 Å². The molecule has 4 heteroatoms. The summed E-state index contributed by atoms with van der Waals surface area (Å²) in [5.41, 5.74) is 0. The second-order valence-corrected chi connectivity index (χ2v) is 6.55. The van der Waals surface area contributed by atoms with E-state index >= 15 is 0 Å². The molecule has 2 fully saturated rings. The van der Waals surface area contributed by atoms with Crippen molar-refractivity contribution in [2.45, 2.75) is 64.7 Å². The molecule has 1 heterocycles. The van der Waals surface area contributed by atoms with E-state index < -0.39 is 0 Å². The van der Waals surface area contributed by atoms with Gasteiger partial charge in [0.05, 0.1) is 0 Å². The molecule has 2 amide bonds. The number of piperazine rings is 1. The Kier molecular flexibility index (Phi) is 6.52. The number of hydrogen-bond donors (Lipinski definition) is 0. The zero-order chi connectivity index (χ0) is 15.1. The minimum atomic E-state index is 0.242. The third kappa shape index (κ3) is 5.01. The first kappa shape index (κ1) is 16.3. The molecule has 0 N–H and O–H groups in total. The number of nitrogens with zero attached hydrogens (tertiary/aromatic N) is 2. The van der Waals surface area contributed by atoms with Gasteiger partial charge < -0.3 is 9.80 Å². The van der Waals surface area contributed by atoms with Gasteiger partial charge >= 0.3 is 0 Å². The van der Waals surface area contributed by atoms with Gasteiger partial charge in [-0.05, 0) is 18.8 Å². The van der Waals surface area contributed by atoms with Gasteiger partial charge in [-0.3, -0.25) is 9.59 Å². The van der Waals surface area contributed by atoms with Crippen molar-refractivity contribution in [3.63, 3.8) is 0 Å². The van der Waals surface area contributed by atoms with E-state index in [1.165, 1.54) is 32.1 Å². The van der Waals surface area contributed by atoms with E-state index in [1.807, 2.05) is 16.7 Å². The molecule has 0 radical (unpaired) electrons. The maximum Gasteiger partial charge on any atom is 0.222 e. The molecule has 0 aromatic carbocycles. The molecule has 0 bridgehead atoms. The summed E-state index contributed by atoms with van der Waals surface area (Å²) in [7, 11) is 0. The highest BCUT2D eigenvalue weighted by atomic mass is 16.2. The molecule has 1 aliphatic carbocycles. The topological polar surface area (TPSA) is 40.6 Å². The van der Waals surface area contributed by atoms with Crippen LogP contribution in [0.1, 0.15) is 64.7 Å². The summed E-state index contributed by atoms with van der Waals surface area (Å²) in [6.45, 7) is 4.91. The summed E-state index contributed by atoms with van der Waals surface area (Å²) < 4.78 is 0. The maximum atomic E-state index is 12.3. The number of carbonyl (C=O) groups is 2. The number of hydrogen-bond acceptors (Lipinski definition) is 2. The molecule has 2 rings (SSSR count). The van der Waals surface area contributed by atoms with Crippen LogP contribution in [0.2, 0.25) is 0 Å². The number of rotatable bonds is 5. The van der Waals surface area contributed by atoms with E-state index in [9.17, 15) is 9.59 Å². The molecular formula is C17H30N2O2. The smallest absolute Gasteiger partial charge is 0.222 e. The van der Waals surface area contributed by atoms with Gasteiger partial charge in [-0.2, -0.15) is 0 Å².